The van der Waals surface area contributed by atoms with Crippen LogP contribution in [0.3, 0.4) is 0 Å². The highest BCUT2D eigenvalue weighted by Crippen LogP contribution is 2.62. The predicted molar refractivity (Wildman–Crippen MR) is 71.3 cm³/mol. The Labute approximate surface area is 148 Å². The van der Waals surface area contributed by atoms with Gasteiger partial charge in [-0.05, 0) is 12.1 Å². The van der Waals surface area contributed by atoms with Gasteiger partial charge in [0.25, 0.3) is 0 Å². The van der Waals surface area contributed by atoms with Gasteiger partial charge in [-0.25, -0.2) is 4.68 Å². The van der Waals surface area contributed by atoms with Crippen molar-refractivity contribution in [3.05, 3.63) is 45.2 Å². The highest BCUT2D eigenvalue weighted by Gasteiger charge is 2.81. The topological polar surface area (TPSA) is 17.8 Å². The normalized spacial score (nSPS) is 20.3. The molecule has 0 bridgehead atoms. The Balaban J connectivity index is 2.20. The lowest BCUT2D eigenvalue weighted by Gasteiger charge is -2.23. The van der Waals surface area contributed by atoms with E-state index < -0.39 is 56.5 Å². The molecule has 0 saturated carbocycles. The zero-order valence-electron chi connectivity index (χ0n) is 11.8. The Bertz CT molecular complexity index is 843. The Morgan fingerprint density at radius 2 is 1.38 bits per heavy atom. The van der Waals surface area contributed by atoms with Gasteiger partial charge >= 0.3 is 23.9 Å². The zero-order valence-corrected chi connectivity index (χ0v) is 13.3. The van der Waals surface area contributed by atoms with Crippen LogP contribution in [0.1, 0.15) is 16.8 Å². The first-order valence-electron chi connectivity index (χ1n) is 6.43. The third-order valence-corrected chi connectivity index (χ3v) is 4.29. The van der Waals surface area contributed by atoms with E-state index in [1.165, 1.54) is 0 Å². The minimum absolute atomic E-state index is 0.129. The van der Waals surface area contributed by atoms with Gasteiger partial charge in [-0.15, -0.1) is 0 Å². The molecular formula is C13H3Cl2F9N2. The lowest BCUT2D eigenvalue weighted by Crippen LogP contribution is -2.44. The minimum atomic E-state index is -5.72. The molecule has 0 amide bonds. The van der Waals surface area contributed by atoms with E-state index in [4.69, 9.17) is 23.2 Å². The molecule has 1 aromatic carbocycles. The molecule has 13 heteroatoms. The molecule has 1 aliphatic carbocycles. The summed E-state index contributed by atoms with van der Waals surface area (Å²) in [6, 6.07) is 0.723. The lowest BCUT2D eigenvalue weighted by atomic mass is 10.1. The van der Waals surface area contributed by atoms with Crippen molar-refractivity contribution in [2.45, 2.75) is 23.9 Å². The summed E-state index contributed by atoms with van der Waals surface area (Å²) in [5.74, 6) is -16.3. The number of fused-ring (bicyclic) bond motifs is 1. The monoisotopic (exact) mass is 428 g/mol. The van der Waals surface area contributed by atoms with Crippen LogP contribution in [-0.4, -0.2) is 15.7 Å². The molecule has 0 aliphatic heterocycles. The van der Waals surface area contributed by atoms with Gasteiger partial charge in [-0.2, -0.15) is 44.6 Å². The molecule has 0 saturated heterocycles. The number of hydrogen-bond acceptors (Lipinski definition) is 1. The SMILES string of the molecule is FC(F)(F)c1cc(Cl)c(-n2cc3c(n2)C(F)(F)C(F)(F)C3(F)F)c(Cl)c1. The summed E-state index contributed by atoms with van der Waals surface area (Å²) in [5, 5.41) is 1.46. The van der Waals surface area contributed by atoms with E-state index in [1.54, 1.807) is 0 Å². The molecule has 0 unspecified atom stereocenters. The van der Waals surface area contributed by atoms with Crippen molar-refractivity contribution in [3.8, 4) is 5.69 Å². The fraction of sp³-hybridized carbons (Fsp3) is 0.308. The highest BCUT2D eigenvalue weighted by molar-refractivity contribution is 6.37. The van der Waals surface area contributed by atoms with Crippen LogP contribution in [0.4, 0.5) is 39.5 Å². The van der Waals surface area contributed by atoms with Crippen LogP contribution in [-0.2, 0) is 18.0 Å². The quantitative estimate of drug-likeness (QED) is 0.507. The van der Waals surface area contributed by atoms with Gasteiger partial charge in [-0.1, -0.05) is 23.2 Å². The van der Waals surface area contributed by atoms with E-state index in [1.807, 2.05) is 0 Å². The van der Waals surface area contributed by atoms with E-state index in [2.05, 4.69) is 5.10 Å². The number of aromatic nitrogens is 2. The summed E-state index contributed by atoms with van der Waals surface area (Å²) >= 11 is 11.3. The van der Waals surface area contributed by atoms with Crippen molar-refractivity contribution < 1.29 is 39.5 Å². The average Bonchev–Trinajstić information content (AvgIpc) is 2.94. The molecule has 0 N–H and O–H groups in total. The van der Waals surface area contributed by atoms with Crippen LogP contribution >= 0.6 is 23.2 Å². The van der Waals surface area contributed by atoms with Crippen molar-refractivity contribution in [3.63, 3.8) is 0 Å². The van der Waals surface area contributed by atoms with Crippen LogP contribution in [0, 0.1) is 0 Å². The Morgan fingerprint density at radius 3 is 1.81 bits per heavy atom. The Morgan fingerprint density at radius 1 is 0.885 bits per heavy atom. The van der Waals surface area contributed by atoms with Crippen molar-refractivity contribution in [2.75, 3.05) is 0 Å². The van der Waals surface area contributed by atoms with Gasteiger partial charge in [0, 0.05) is 6.20 Å². The summed E-state index contributed by atoms with van der Waals surface area (Å²) < 4.78 is 119. The van der Waals surface area contributed by atoms with Crippen molar-refractivity contribution in [1.29, 1.82) is 0 Å². The zero-order chi connectivity index (χ0) is 19.9. The molecule has 1 aliphatic rings. The number of benzene rings is 1. The summed E-state index contributed by atoms with van der Waals surface area (Å²) in [6.07, 6.45) is -4.72. The summed E-state index contributed by atoms with van der Waals surface area (Å²) in [4.78, 5) is 0. The molecule has 0 radical (unpaired) electrons. The molecule has 2 aromatic rings. The maximum atomic E-state index is 13.7. The third-order valence-electron chi connectivity index (χ3n) is 3.71. The van der Waals surface area contributed by atoms with Crippen LogP contribution in [0.15, 0.2) is 18.3 Å². The number of halogens is 11. The van der Waals surface area contributed by atoms with E-state index in [0.29, 0.717) is 12.1 Å². The molecule has 142 valence electrons. The van der Waals surface area contributed by atoms with Crippen LogP contribution in [0.5, 0.6) is 0 Å². The molecular weight excluding hydrogens is 426 g/mol. The van der Waals surface area contributed by atoms with Crippen molar-refractivity contribution in [1.82, 2.24) is 9.78 Å². The van der Waals surface area contributed by atoms with Gasteiger partial charge < -0.3 is 0 Å². The molecule has 0 spiro atoms. The summed E-state index contributed by atoms with van der Waals surface area (Å²) in [7, 11) is 0. The Hall–Kier alpha value is -1.62. The molecule has 1 heterocycles. The molecule has 2 nitrogen and oxygen atoms in total. The fourth-order valence-corrected chi connectivity index (χ4v) is 3.07. The lowest BCUT2D eigenvalue weighted by molar-refractivity contribution is -0.303. The maximum Gasteiger partial charge on any atom is 0.416 e. The van der Waals surface area contributed by atoms with E-state index >= 15 is 0 Å². The Kier molecular flexibility index (Phi) is 3.84. The maximum absolute atomic E-state index is 13.7. The van der Waals surface area contributed by atoms with Crippen molar-refractivity contribution in [2.24, 2.45) is 0 Å². The van der Waals surface area contributed by atoms with E-state index in [-0.39, 0.29) is 10.9 Å². The number of rotatable bonds is 1. The first-order valence-corrected chi connectivity index (χ1v) is 7.18. The molecule has 0 atom stereocenters. The van der Waals surface area contributed by atoms with Crippen LogP contribution < -0.4 is 0 Å². The standard InChI is InChI=1S/C13H3Cl2F9N2/c14-6-1-4(12(20,21)22)2-7(15)8(6)26-3-5-9(25-26)11(18,19)13(23,24)10(5,16)17/h1-3H. The first-order chi connectivity index (χ1) is 11.6. The van der Waals surface area contributed by atoms with E-state index in [9.17, 15) is 39.5 Å². The summed E-state index contributed by atoms with van der Waals surface area (Å²) in [5.41, 5.74) is -5.64. The van der Waals surface area contributed by atoms with Crippen LogP contribution in [0.25, 0.3) is 5.69 Å². The second-order valence-electron chi connectivity index (χ2n) is 5.35. The molecule has 0 fully saturated rings. The van der Waals surface area contributed by atoms with Gasteiger partial charge in [0.05, 0.1) is 21.2 Å². The summed E-state index contributed by atoms with van der Waals surface area (Å²) in [6.45, 7) is 0. The average molecular weight is 429 g/mol. The van der Waals surface area contributed by atoms with Crippen molar-refractivity contribution >= 4 is 23.2 Å². The number of nitrogens with zero attached hydrogens (tertiary/aromatic N) is 2. The van der Waals surface area contributed by atoms with Gasteiger partial charge in [0.1, 0.15) is 11.4 Å². The second kappa shape index (κ2) is 5.22. The minimum Gasteiger partial charge on any atom is -0.237 e. The third kappa shape index (κ3) is 2.32. The van der Waals surface area contributed by atoms with E-state index in [0.717, 1.165) is 0 Å². The van der Waals surface area contributed by atoms with Gasteiger partial charge in [-0.3, -0.25) is 0 Å². The molecule has 3 rings (SSSR count). The largest absolute Gasteiger partial charge is 0.416 e. The fourth-order valence-electron chi connectivity index (χ4n) is 2.41. The second-order valence-corrected chi connectivity index (χ2v) is 6.16. The molecule has 26 heavy (non-hydrogen) atoms. The van der Waals surface area contributed by atoms with Crippen LogP contribution in [0.2, 0.25) is 10.0 Å². The smallest absolute Gasteiger partial charge is 0.237 e. The van der Waals surface area contributed by atoms with Gasteiger partial charge in [0.2, 0.25) is 0 Å². The first kappa shape index (κ1) is 19.2. The highest BCUT2D eigenvalue weighted by atomic mass is 35.5. The predicted octanol–water partition coefficient (Wildman–Crippen LogP) is 6.03. The number of hydrogen-bond donors (Lipinski definition) is 0. The van der Waals surface area contributed by atoms with Gasteiger partial charge in [0.15, 0.2) is 0 Å². The molecule has 1 aromatic heterocycles. The number of alkyl halides is 9.